The number of carboxylic acid groups (broad SMARTS) is 1. The van der Waals surface area contributed by atoms with Crippen LogP contribution >= 0.6 is 0 Å². The summed E-state index contributed by atoms with van der Waals surface area (Å²) in [6, 6.07) is 0. The molecule has 0 aliphatic heterocycles. The molecule has 0 fully saturated rings. The molecule has 1 aromatic rings. The fraction of sp³-hybridized carbons (Fsp3) is 0.400. The van der Waals surface area contributed by atoms with Crippen molar-refractivity contribution in [3.63, 3.8) is 0 Å². The molecule has 1 aromatic heterocycles. The van der Waals surface area contributed by atoms with Gasteiger partial charge in [-0.1, -0.05) is 0 Å². The maximum Gasteiger partial charge on any atom is 0.308 e. The van der Waals surface area contributed by atoms with Crippen LogP contribution in [-0.4, -0.2) is 23.2 Å². The van der Waals surface area contributed by atoms with E-state index < -0.39 is 24.4 Å². The van der Waals surface area contributed by atoms with Gasteiger partial charge in [-0.2, -0.15) is 0 Å². The third kappa shape index (κ3) is 2.88. The van der Waals surface area contributed by atoms with Crippen molar-refractivity contribution in [3.05, 3.63) is 22.9 Å². The molecule has 0 aliphatic carbocycles. The first-order valence-corrected chi connectivity index (χ1v) is 4.75. The molecule has 1 rings (SSSR count). The number of pyridine rings is 1. The van der Waals surface area contributed by atoms with Crippen molar-refractivity contribution in [2.24, 2.45) is 5.73 Å². The zero-order chi connectivity index (χ0) is 13.0. The van der Waals surface area contributed by atoms with Gasteiger partial charge in [-0.15, -0.1) is 0 Å². The quantitative estimate of drug-likeness (QED) is 0.812. The Morgan fingerprint density at radius 3 is 2.71 bits per heavy atom. The van der Waals surface area contributed by atoms with Crippen LogP contribution in [0.4, 0.5) is 8.78 Å². The lowest BCUT2D eigenvalue weighted by Gasteiger charge is -2.14. The molecule has 5 nitrogen and oxygen atoms in total. The Labute approximate surface area is 96.2 Å². The van der Waals surface area contributed by atoms with E-state index >= 15 is 0 Å². The zero-order valence-corrected chi connectivity index (χ0v) is 9.11. The highest BCUT2D eigenvalue weighted by Gasteiger charge is 2.23. The number of alkyl halides is 2. The third-order valence-corrected chi connectivity index (χ3v) is 2.23. The van der Waals surface area contributed by atoms with Crippen LogP contribution in [0.1, 0.15) is 23.1 Å². The molecule has 0 aromatic carbocycles. The van der Waals surface area contributed by atoms with Gasteiger partial charge in [-0.25, -0.2) is 13.8 Å². The Morgan fingerprint density at radius 2 is 2.29 bits per heavy atom. The van der Waals surface area contributed by atoms with E-state index in [1.54, 1.807) is 0 Å². The van der Waals surface area contributed by atoms with Gasteiger partial charge in [-0.3, -0.25) is 4.79 Å². The second-order valence-electron chi connectivity index (χ2n) is 3.26. The molecule has 0 saturated carbocycles. The average Bonchev–Trinajstić information content (AvgIpc) is 2.27. The molecule has 0 unspecified atom stereocenters. The Morgan fingerprint density at radius 1 is 1.65 bits per heavy atom. The Kier molecular flexibility index (Phi) is 4.33. The molecule has 0 amide bonds. The van der Waals surface area contributed by atoms with E-state index in [0.717, 1.165) is 0 Å². The summed E-state index contributed by atoms with van der Waals surface area (Å²) in [6.07, 6.45) is -2.23. The highest BCUT2D eigenvalue weighted by Crippen LogP contribution is 2.31. The molecular formula is C10H12F2N2O3. The van der Waals surface area contributed by atoms with Crippen molar-refractivity contribution >= 4 is 5.97 Å². The van der Waals surface area contributed by atoms with Gasteiger partial charge >= 0.3 is 5.97 Å². The van der Waals surface area contributed by atoms with Crippen molar-refractivity contribution < 1.29 is 23.4 Å². The minimum absolute atomic E-state index is 0.111. The maximum absolute atomic E-state index is 12.9. The number of halogens is 2. The first-order valence-electron chi connectivity index (χ1n) is 4.75. The molecule has 0 spiro atoms. The molecule has 0 atom stereocenters. The number of aromatic nitrogens is 1. The lowest BCUT2D eigenvalue weighted by molar-refractivity contribution is -0.136. The van der Waals surface area contributed by atoms with Crippen LogP contribution in [0.2, 0.25) is 0 Å². The van der Waals surface area contributed by atoms with Crippen LogP contribution < -0.4 is 10.5 Å². The summed E-state index contributed by atoms with van der Waals surface area (Å²) in [5, 5.41) is 8.70. The second kappa shape index (κ2) is 5.53. The largest absolute Gasteiger partial charge is 0.481 e. The molecular weight excluding hydrogens is 234 g/mol. The van der Waals surface area contributed by atoms with Crippen molar-refractivity contribution in [2.75, 3.05) is 7.11 Å². The van der Waals surface area contributed by atoms with Gasteiger partial charge in [0.1, 0.15) is 0 Å². The van der Waals surface area contributed by atoms with E-state index in [4.69, 9.17) is 15.6 Å². The fourth-order valence-corrected chi connectivity index (χ4v) is 1.53. The number of methoxy groups -OCH3 is 1. The van der Waals surface area contributed by atoms with Gasteiger partial charge in [0.25, 0.3) is 6.43 Å². The molecule has 17 heavy (non-hydrogen) atoms. The van der Waals surface area contributed by atoms with Crippen LogP contribution in [0, 0.1) is 0 Å². The molecule has 7 heteroatoms. The number of ether oxygens (including phenoxy) is 1. The molecule has 0 radical (unpaired) electrons. The molecule has 0 bridgehead atoms. The van der Waals surface area contributed by atoms with Gasteiger partial charge in [0.2, 0.25) is 5.88 Å². The first kappa shape index (κ1) is 13.3. The van der Waals surface area contributed by atoms with Gasteiger partial charge in [-0.05, 0) is 5.56 Å². The average molecular weight is 246 g/mol. The fourth-order valence-electron chi connectivity index (χ4n) is 1.53. The minimum atomic E-state index is -2.82. The lowest BCUT2D eigenvalue weighted by Crippen LogP contribution is -2.12. The number of rotatable bonds is 5. The second-order valence-corrected chi connectivity index (χ2v) is 3.26. The summed E-state index contributed by atoms with van der Waals surface area (Å²) >= 11 is 0. The summed E-state index contributed by atoms with van der Waals surface area (Å²) in [5.74, 6) is -1.35. The van der Waals surface area contributed by atoms with Gasteiger partial charge in [0.15, 0.2) is 0 Å². The SMILES string of the molecule is COc1ncc(CN)c(C(F)F)c1CC(=O)O. The lowest BCUT2D eigenvalue weighted by atomic mass is 10.0. The van der Waals surface area contributed by atoms with E-state index in [2.05, 4.69) is 4.98 Å². The molecule has 1 heterocycles. The zero-order valence-electron chi connectivity index (χ0n) is 9.11. The molecule has 0 saturated heterocycles. The minimum Gasteiger partial charge on any atom is -0.481 e. The van der Waals surface area contributed by atoms with Crippen molar-refractivity contribution in [1.29, 1.82) is 0 Å². The number of aliphatic carboxylic acids is 1. The van der Waals surface area contributed by atoms with Gasteiger partial charge in [0, 0.05) is 23.9 Å². The van der Waals surface area contributed by atoms with Crippen LogP contribution in [0.25, 0.3) is 0 Å². The van der Waals surface area contributed by atoms with E-state index in [-0.39, 0.29) is 23.6 Å². The predicted molar refractivity (Wildman–Crippen MR) is 55.0 cm³/mol. The number of hydrogen-bond acceptors (Lipinski definition) is 4. The number of nitrogens with two attached hydrogens (primary N) is 1. The topological polar surface area (TPSA) is 85.4 Å². The normalized spacial score (nSPS) is 10.6. The monoisotopic (exact) mass is 246 g/mol. The van der Waals surface area contributed by atoms with Crippen molar-refractivity contribution in [3.8, 4) is 5.88 Å². The summed E-state index contributed by atoms with van der Waals surface area (Å²) in [5.41, 5.74) is 4.91. The number of carbonyl (C=O) groups is 1. The van der Waals surface area contributed by atoms with E-state index in [0.29, 0.717) is 0 Å². The Balaban J connectivity index is 3.40. The highest BCUT2D eigenvalue weighted by atomic mass is 19.3. The van der Waals surface area contributed by atoms with Crippen LogP contribution in [0.3, 0.4) is 0 Å². The Hall–Kier alpha value is -1.76. The predicted octanol–water partition coefficient (Wildman–Crippen LogP) is 1.11. The standard InChI is InChI=1S/C10H12F2N2O3/c1-17-10-6(2-7(15)16)8(9(11)12)5(3-13)4-14-10/h4,9H,2-3,13H2,1H3,(H,15,16). The summed E-state index contributed by atoms with van der Waals surface area (Å²) in [7, 11) is 1.24. The van der Waals surface area contributed by atoms with Crippen molar-refractivity contribution in [2.45, 2.75) is 19.4 Å². The Bertz CT molecular complexity index is 424. The summed E-state index contributed by atoms with van der Waals surface area (Å²) in [4.78, 5) is 14.4. The molecule has 0 aliphatic rings. The van der Waals surface area contributed by atoms with Crippen LogP contribution in [0.15, 0.2) is 6.20 Å². The summed E-state index contributed by atoms with van der Waals surface area (Å²) < 4.78 is 30.6. The van der Waals surface area contributed by atoms with E-state index in [1.165, 1.54) is 13.3 Å². The van der Waals surface area contributed by atoms with Crippen molar-refractivity contribution in [1.82, 2.24) is 4.98 Å². The number of nitrogens with zero attached hydrogens (tertiary/aromatic N) is 1. The molecule has 3 N–H and O–H groups in total. The molecule has 94 valence electrons. The van der Waals surface area contributed by atoms with Gasteiger partial charge in [0.05, 0.1) is 13.5 Å². The smallest absolute Gasteiger partial charge is 0.308 e. The third-order valence-electron chi connectivity index (χ3n) is 2.23. The number of carboxylic acids is 1. The van der Waals surface area contributed by atoms with E-state index in [9.17, 15) is 13.6 Å². The maximum atomic E-state index is 12.9. The first-order chi connectivity index (χ1) is 8.01. The summed E-state index contributed by atoms with van der Waals surface area (Å²) in [6.45, 7) is -0.136. The highest BCUT2D eigenvalue weighted by molar-refractivity contribution is 5.72. The number of hydrogen-bond donors (Lipinski definition) is 2. The van der Waals surface area contributed by atoms with E-state index in [1.807, 2.05) is 0 Å². The van der Waals surface area contributed by atoms with Gasteiger partial charge < -0.3 is 15.6 Å². The van der Waals surface area contributed by atoms with Crippen LogP contribution in [-0.2, 0) is 17.8 Å². The van der Waals surface area contributed by atoms with Crippen LogP contribution in [0.5, 0.6) is 5.88 Å².